The largest absolute Gasteiger partial charge is 0.465 e. The van der Waals surface area contributed by atoms with Gasteiger partial charge in [-0.05, 0) is 57.4 Å². The molecule has 35 heavy (non-hydrogen) atoms. The molecule has 2 aromatic rings. The van der Waals surface area contributed by atoms with Gasteiger partial charge in [-0.3, -0.25) is 9.69 Å². The Balaban J connectivity index is 1.78. The molecule has 186 valence electrons. The molecule has 1 aliphatic heterocycles. The molecule has 1 saturated heterocycles. The Labute approximate surface area is 204 Å². The van der Waals surface area contributed by atoms with Gasteiger partial charge in [0.15, 0.2) is 0 Å². The van der Waals surface area contributed by atoms with E-state index >= 15 is 0 Å². The zero-order chi connectivity index (χ0) is 25.6. The molecule has 9 nitrogen and oxygen atoms in total. The van der Waals surface area contributed by atoms with Gasteiger partial charge in [-0.15, -0.1) is 0 Å². The molecular formula is C26H30N2O7. The molecule has 0 aromatic heterocycles. The third kappa shape index (κ3) is 6.81. The van der Waals surface area contributed by atoms with E-state index in [0.717, 1.165) is 5.56 Å². The summed E-state index contributed by atoms with van der Waals surface area (Å²) >= 11 is 0. The smallest absolute Gasteiger partial charge is 0.410 e. The highest BCUT2D eigenvalue weighted by atomic mass is 16.6. The summed E-state index contributed by atoms with van der Waals surface area (Å²) in [4.78, 5) is 52.0. The molecule has 2 amide bonds. The quantitative estimate of drug-likeness (QED) is 0.486. The van der Waals surface area contributed by atoms with Crippen LogP contribution in [0.2, 0.25) is 0 Å². The third-order valence-corrected chi connectivity index (χ3v) is 5.31. The number of nitrogens with zero attached hydrogens (tertiary/aromatic N) is 1. The maximum atomic E-state index is 13.1. The Bertz CT molecular complexity index is 1090. The van der Waals surface area contributed by atoms with E-state index in [1.54, 1.807) is 20.8 Å². The first-order valence-corrected chi connectivity index (χ1v) is 11.3. The lowest BCUT2D eigenvalue weighted by molar-refractivity contribution is -0.120. The number of rotatable bonds is 6. The van der Waals surface area contributed by atoms with Crippen LogP contribution in [0.3, 0.4) is 0 Å². The summed E-state index contributed by atoms with van der Waals surface area (Å²) in [6.45, 7) is 5.71. The summed E-state index contributed by atoms with van der Waals surface area (Å²) in [5.41, 5.74) is 0.436. The first kappa shape index (κ1) is 25.7. The molecule has 3 rings (SSSR count). The monoisotopic (exact) mass is 482 g/mol. The normalized spacial score (nSPS) is 15.3. The summed E-state index contributed by atoms with van der Waals surface area (Å²) in [6, 6.07) is 12.6. The van der Waals surface area contributed by atoms with Crippen LogP contribution in [0.15, 0.2) is 48.5 Å². The maximum absolute atomic E-state index is 13.1. The number of anilines is 1. The minimum absolute atomic E-state index is 0.0716. The van der Waals surface area contributed by atoms with Crippen LogP contribution in [-0.4, -0.2) is 54.1 Å². The Kier molecular flexibility index (Phi) is 8.11. The van der Waals surface area contributed by atoms with Crippen molar-refractivity contribution in [1.82, 2.24) is 4.90 Å². The second-order valence-corrected chi connectivity index (χ2v) is 9.13. The molecule has 1 N–H and O–H groups in total. The van der Waals surface area contributed by atoms with Crippen LogP contribution in [0.1, 0.15) is 59.9 Å². The highest BCUT2D eigenvalue weighted by Gasteiger charge is 2.37. The summed E-state index contributed by atoms with van der Waals surface area (Å²) in [6.07, 6.45) is 0.492. The number of benzene rings is 2. The van der Waals surface area contributed by atoms with Crippen LogP contribution < -0.4 is 5.32 Å². The number of ether oxygens (including phenoxy) is 3. The predicted octanol–water partition coefficient (Wildman–Crippen LogP) is 4.17. The number of carbonyl (C=O) groups is 4. The van der Waals surface area contributed by atoms with Crippen molar-refractivity contribution in [3.63, 3.8) is 0 Å². The second kappa shape index (κ2) is 11.0. The van der Waals surface area contributed by atoms with Crippen LogP contribution >= 0.6 is 0 Å². The van der Waals surface area contributed by atoms with Crippen LogP contribution in [0.25, 0.3) is 0 Å². The van der Waals surface area contributed by atoms with E-state index in [0.29, 0.717) is 19.4 Å². The minimum Gasteiger partial charge on any atom is -0.465 e. The second-order valence-electron chi connectivity index (χ2n) is 9.13. The molecule has 9 heteroatoms. The molecule has 1 heterocycles. The van der Waals surface area contributed by atoms with Crippen LogP contribution in [0.5, 0.6) is 0 Å². The number of esters is 2. The van der Waals surface area contributed by atoms with E-state index in [1.165, 1.54) is 30.2 Å². The Hall–Kier alpha value is -3.88. The SMILES string of the molecule is COC(=O)c1ccc(C(=O)OCc2ccccc2)cc1NC(=O)C1CCCN1C(=O)OC(C)(C)C. The number of likely N-dealkylation sites (tertiary alicyclic amines) is 1. The fourth-order valence-corrected chi connectivity index (χ4v) is 3.66. The third-order valence-electron chi connectivity index (χ3n) is 5.31. The van der Waals surface area contributed by atoms with Crippen LogP contribution in [0, 0.1) is 0 Å². The van der Waals surface area contributed by atoms with Crippen molar-refractivity contribution in [2.24, 2.45) is 0 Å². The molecule has 1 aliphatic rings. The van der Waals surface area contributed by atoms with Gasteiger partial charge in [0.1, 0.15) is 18.2 Å². The van der Waals surface area contributed by atoms with E-state index in [1.807, 2.05) is 30.3 Å². The Morgan fingerprint density at radius 3 is 2.40 bits per heavy atom. The number of carbonyl (C=O) groups excluding carboxylic acids is 4. The molecule has 1 atom stereocenters. The molecule has 1 fully saturated rings. The van der Waals surface area contributed by atoms with Crippen molar-refractivity contribution < 1.29 is 33.4 Å². The molecule has 2 aromatic carbocycles. The number of amides is 2. The van der Waals surface area contributed by atoms with Gasteiger partial charge in [-0.25, -0.2) is 14.4 Å². The first-order valence-electron chi connectivity index (χ1n) is 11.3. The fraction of sp³-hybridized carbons (Fsp3) is 0.385. The minimum atomic E-state index is -0.774. The standard InChI is InChI=1S/C26H30N2O7/c1-26(2,3)35-25(32)28-14-8-11-21(28)22(29)27-20-15-18(12-13-19(20)24(31)33-4)23(30)34-16-17-9-6-5-7-10-17/h5-7,9-10,12-13,15,21H,8,11,14,16H2,1-4H3,(H,27,29). The lowest BCUT2D eigenvalue weighted by atomic mass is 10.1. The molecule has 1 unspecified atom stereocenters. The van der Waals surface area contributed by atoms with Crippen molar-refractivity contribution in [2.45, 2.75) is 51.9 Å². The molecule has 0 aliphatic carbocycles. The average molecular weight is 483 g/mol. The lowest BCUT2D eigenvalue weighted by Gasteiger charge is -2.28. The van der Waals surface area contributed by atoms with Crippen molar-refractivity contribution in [1.29, 1.82) is 0 Å². The fourth-order valence-electron chi connectivity index (χ4n) is 3.66. The van der Waals surface area contributed by atoms with E-state index in [9.17, 15) is 19.2 Å². The van der Waals surface area contributed by atoms with Crippen molar-refractivity contribution >= 4 is 29.6 Å². The van der Waals surface area contributed by atoms with Gasteiger partial charge >= 0.3 is 18.0 Å². The number of hydrogen-bond acceptors (Lipinski definition) is 7. The summed E-state index contributed by atoms with van der Waals surface area (Å²) in [5, 5.41) is 2.69. The van der Waals surface area contributed by atoms with Gasteiger partial charge in [-0.2, -0.15) is 0 Å². The molecule has 0 bridgehead atoms. The maximum Gasteiger partial charge on any atom is 0.410 e. The Morgan fingerprint density at radius 1 is 1.03 bits per heavy atom. The van der Waals surface area contributed by atoms with Gasteiger partial charge in [0.2, 0.25) is 5.91 Å². The van der Waals surface area contributed by atoms with Gasteiger partial charge < -0.3 is 19.5 Å². The highest BCUT2D eigenvalue weighted by molar-refractivity contribution is 6.05. The average Bonchev–Trinajstić information content (AvgIpc) is 3.32. The lowest BCUT2D eigenvalue weighted by Crippen LogP contribution is -2.45. The zero-order valence-electron chi connectivity index (χ0n) is 20.3. The van der Waals surface area contributed by atoms with E-state index < -0.39 is 35.6 Å². The first-order chi connectivity index (χ1) is 16.6. The zero-order valence-corrected chi connectivity index (χ0v) is 20.3. The molecule has 0 radical (unpaired) electrons. The van der Waals surface area contributed by atoms with Crippen LogP contribution in [-0.2, 0) is 25.6 Å². The number of hydrogen-bond donors (Lipinski definition) is 1. The van der Waals surface area contributed by atoms with Crippen molar-refractivity contribution in [3.05, 3.63) is 65.2 Å². The van der Waals surface area contributed by atoms with Gasteiger partial charge in [-0.1, -0.05) is 30.3 Å². The molecule has 0 spiro atoms. The predicted molar refractivity (Wildman–Crippen MR) is 128 cm³/mol. The topological polar surface area (TPSA) is 111 Å². The van der Waals surface area contributed by atoms with Gasteiger partial charge in [0.05, 0.1) is 23.9 Å². The van der Waals surface area contributed by atoms with Crippen molar-refractivity contribution in [2.75, 3.05) is 19.0 Å². The van der Waals surface area contributed by atoms with Gasteiger partial charge in [0.25, 0.3) is 0 Å². The molecule has 0 saturated carbocycles. The van der Waals surface area contributed by atoms with Crippen LogP contribution in [0.4, 0.5) is 10.5 Å². The summed E-state index contributed by atoms with van der Waals surface area (Å²) in [7, 11) is 1.22. The van der Waals surface area contributed by atoms with E-state index in [2.05, 4.69) is 5.32 Å². The van der Waals surface area contributed by atoms with Gasteiger partial charge in [0, 0.05) is 6.54 Å². The Morgan fingerprint density at radius 2 is 1.74 bits per heavy atom. The van der Waals surface area contributed by atoms with E-state index in [4.69, 9.17) is 14.2 Å². The summed E-state index contributed by atoms with van der Waals surface area (Å²) in [5.74, 6) is -1.79. The summed E-state index contributed by atoms with van der Waals surface area (Å²) < 4.78 is 15.6. The van der Waals surface area contributed by atoms with E-state index in [-0.39, 0.29) is 23.4 Å². The highest BCUT2D eigenvalue weighted by Crippen LogP contribution is 2.25. The molecular weight excluding hydrogens is 452 g/mol. The number of methoxy groups -OCH3 is 1. The van der Waals surface area contributed by atoms with Crippen molar-refractivity contribution in [3.8, 4) is 0 Å². The number of nitrogens with one attached hydrogen (secondary N) is 1.